The van der Waals surface area contributed by atoms with Gasteiger partial charge in [0, 0.05) is 44.0 Å². The second-order valence-corrected chi connectivity index (χ2v) is 8.22. The molecule has 146 valence electrons. The van der Waals surface area contributed by atoms with Crippen LogP contribution in [0.25, 0.3) is 0 Å². The van der Waals surface area contributed by atoms with E-state index in [4.69, 9.17) is 9.47 Å². The van der Waals surface area contributed by atoms with Crippen LogP contribution in [0, 0.1) is 0 Å². The maximum Gasteiger partial charge on any atom is 0.345 e. The summed E-state index contributed by atoms with van der Waals surface area (Å²) in [6.07, 6.45) is 6.42. The van der Waals surface area contributed by atoms with Crippen LogP contribution in [0.5, 0.6) is 0 Å². The Morgan fingerprint density at radius 3 is 3.00 bits per heavy atom. The first-order valence-corrected chi connectivity index (χ1v) is 10.1. The first-order chi connectivity index (χ1) is 13.1. The Labute approximate surface area is 162 Å². The van der Waals surface area contributed by atoms with Crippen LogP contribution in [0.4, 0.5) is 0 Å². The van der Waals surface area contributed by atoms with E-state index in [1.807, 2.05) is 18.5 Å². The van der Waals surface area contributed by atoms with Gasteiger partial charge in [0.25, 0.3) is 0 Å². The van der Waals surface area contributed by atoms with Crippen LogP contribution in [-0.2, 0) is 34.6 Å². The maximum atomic E-state index is 11.4. The van der Waals surface area contributed by atoms with Gasteiger partial charge in [-0.1, -0.05) is 0 Å². The van der Waals surface area contributed by atoms with Crippen molar-refractivity contribution >= 4 is 17.3 Å². The van der Waals surface area contributed by atoms with E-state index in [2.05, 4.69) is 14.5 Å². The Kier molecular flexibility index (Phi) is 5.32. The molecular formula is C19H25N3O4S. The number of imidazole rings is 1. The lowest BCUT2D eigenvalue weighted by Gasteiger charge is -2.43. The summed E-state index contributed by atoms with van der Waals surface area (Å²) in [7, 11) is 1.71. The van der Waals surface area contributed by atoms with Gasteiger partial charge in [0.05, 0.1) is 19.8 Å². The molecule has 0 unspecified atom stereocenters. The van der Waals surface area contributed by atoms with Crippen LogP contribution in [0.1, 0.15) is 38.8 Å². The number of carboxylic acid groups (broad SMARTS) is 1. The number of aromatic nitrogens is 2. The molecule has 0 radical (unpaired) electrons. The van der Waals surface area contributed by atoms with Crippen LogP contribution in [-0.4, -0.2) is 58.9 Å². The van der Waals surface area contributed by atoms with Gasteiger partial charge in [0.15, 0.2) is 0 Å². The molecule has 7 nitrogen and oxygen atoms in total. The number of rotatable bonds is 6. The summed E-state index contributed by atoms with van der Waals surface area (Å²) in [5.74, 6) is 0.211. The van der Waals surface area contributed by atoms with E-state index in [1.165, 1.54) is 11.3 Å². The van der Waals surface area contributed by atoms with Gasteiger partial charge in [-0.15, -0.1) is 11.3 Å². The smallest absolute Gasteiger partial charge is 0.345 e. The van der Waals surface area contributed by atoms with Gasteiger partial charge in [-0.05, 0) is 30.9 Å². The summed E-state index contributed by atoms with van der Waals surface area (Å²) < 4.78 is 13.5. The standard InChI is InChI=1S/C19H25N3O4S/c1-25-11-9-22-8-5-20-16(22)13-21-6-3-19(4-7-21)17-14(2-10-26-19)12-15(27-17)18(23)24/h5,8,12H,2-4,6-7,9-11,13H2,1H3,(H,23,24). The normalized spacial score (nSPS) is 19.3. The number of nitrogens with zero attached hydrogens (tertiary/aromatic N) is 3. The molecule has 0 atom stereocenters. The molecule has 1 fully saturated rings. The van der Waals surface area contributed by atoms with Crippen molar-refractivity contribution < 1.29 is 19.4 Å². The van der Waals surface area contributed by atoms with Gasteiger partial charge in [-0.2, -0.15) is 0 Å². The van der Waals surface area contributed by atoms with Crippen molar-refractivity contribution in [2.45, 2.75) is 38.0 Å². The molecular weight excluding hydrogens is 366 g/mol. The zero-order chi connectivity index (χ0) is 18.9. The van der Waals surface area contributed by atoms with E-state index in [9.17, 15) is 9.90 Å². The third kappa shape index (κ3) is 3.67. The highest BCUT2D eigenvalue weighted by Gasteiger charge is 2.42. The van der Waals surface area contributed by atoms with E-state index in [-0.39, 0.29) is 5.60 Å². The molecule has 2 aliphatic rings. The zero-order valence-electron chi connectivity index (χ0n) is 15.5. The molecule has 27 heavy (non-hydrogen) atoms. The third-order valence-corrected chi connectivity index (χ3v) is 6.90. The van der Waals surface area contributed by atoms with Crippen molar-refractivity contribution in [1.82, 2.24) is 14.5 Å². The van der Waals surface area contributed by atoms with Crippen LogP contribution in [0.15, 0.2) is 18.5 Å². The lowest BCUT2D eigenvalue weighted by atomic mass is 9.85. The van der Waals surface area contributed by atoms with E-state index >= 15 is 0 Å². The Morgan fingerprint density at radius 1 is 1.44 bits per heavy atom. The van der Waals surface area contributed by atoms with Crippen LogP contribution >= 0.6 is 11.3 Å². The molecule has 0 saturated carbocycles. The quantitative estimate of drug-likeness (QED) is 0.815. The second-order valence-electron chi connectivity index (χ2n) is 7.17. The molecule has 2 aliphatic heterocycles. The van der Waals surface area contributed by atoms with Gasteiger partial charge < -0.3 is 19.1 Å². The molecule has 1 N–H and O–H groups in total. The predicted octanol–water partition coefficient (Wildman–Crippen LogP) is 2.35. The minimum atomic E-state index is -0.843. The number of hydrogen-bond acceptors (Lipinski definition) is 6. The fourth-order valence-corrected chi connectivity index (χ4v) is 5.31. The summed E-state index contributed by atoms with van der Waals surface area (Å²) in [6, 6.07) is 1.84. The average Bonchev–Trinajstić information content (AvgIpc) is 3.30. The summed E-state index contributed by atoms with van der Waals surface area (Å²) in [6.45, 7) is 4.79. The van der Waals surface area contributed by atoms with Crippen LogP contribution in [0.2, 0.25) is 0 Å². The highest BCUT2D eigenvalue weighted by molar-refractivity contribution is 7.14. The molecule has 1 saturated heterocycles. The first-order valence-electron chi connectivity index (χ1n) is 9.33. The van der Waals surface area contributed by atoms with Gasteiger partial charge >= 0.3 is 5.97 Å². The third-order valence-electron chi connectivity index (χ3n) is 5.55. The number of hydrogen-bond donors (Lipinski definition) is 1. The van der Waals surface area contributed by atoms with E-state index in [0.29, 0.717) is 18.1 Å². The number of fused-ring (bicyclic) bond motifs is 2. The summed E-state index contributed by atoms with van der Waals surface area (Å²) in [5, 5.41) is 9.34. The number of aromatic carboxylic acids is 1. The van der Waals surface area contributed by atoms with Crippen molar-refractivity contribution in [3.05, 3.63) is 39.6 Å². The zero-order valence-corrected chi connectivity index (χ0v) is 16.3. The van der Waals surface area contributed by atoms with E-state index in [0.717, 1.165) is 61.7 Å². The number of likely N-dealkylation sites (tertiary alicyclic amines) is 1. The molecule has 0 aromatic carbocycles. The minimum Gasteiger partial charge on any atom is -0.477 e. The van der Waals surface area contributed by atoms with Gasteiger partial charge in [0.1, 0.15) is 16.3 Å². The minimum absolute atomic E-state index is 0.312. The fourth-order valence-electron chi connectivity index (χ4n) is 4.06. The lowest BCUT2D eigenvalue weighted by Crippen LogP contribution is -2.45. The largest absolute Gasteiger partial charge is 0.477 e. The SMILES string of the molecule is COCCn1ccnc1CN1CCC2(CC1)OCCc1cc(C(=O)O)sc12. The molecule has 0 aliphatic carbocycles. The number of carboxylic acids is 1. The average molecular weight is 391 g/mol. The molecule has 8 heteroatoms. The van der Waals surface area contributed by atoms with E-state index < -0.39 is 5.97 Å². The monoisotopic (exact) mass is 391 g/mol. The number of carbonyl (C=O) groups is 1. The Morgan fingerprint density at radius 2 is 2.26 bits per heavy atom. The molecule has 4 rings (SSSR count). The number of thiophene rings is 1. The highest BCUT2D eigenvalue weighted by Crippen LogP contribution is 2.45. The fraction of sp³-hybridized carbons (Fsp3) is 0.579. The lowest BCUT2D eigenvalue weighted by molar-refractivity contribution is -0.0964. The number of methoxy groups -OCH3 is 1. The van der Waals surface area contributed by atoms with Gasteiger partial charge in [-0.25, -0.2) is 9.78 Å². The predicted molar refractivity (Wildman–Crippen MR) is 101 cm³/mol. The van der Waals surface area contributed by atoms with Crippen LogP contribution < -0.4 is 0 Å². The maximum absolute atomic E-state index is 11.4. The van der Waals surface area contributed by atoms with Crippen molar-refractivity contribution in [2.75, 3.05) is 33.4 Å². The van der Waals surface area contributed by atoms with E-state index in [1.54, 1.807) is 7.11 Å². The summed E-state index contributed by atoms with van der Waals surface area (Å²) in [4.78, 5) is 19.8. The Hall–Kier alpha value is -1.74. The highest BCUT2D eigenvalue weighted by atomic mass is 32.1. The molecule has 1 spiro atoms. The molecule has 0 bridgehead atoms. The Balaban J connectivity index is 1.44. The van der Waals surface area contributed by atoms with Crippen molar-refractivity contribution in [1.29, 1.82) is 0 Å². The molecule has 2 aromatic rings. The topological polar surface area (TPSA) is 76.8 Å². The molecule has 2 aromatic heterocycles. The summed E-state index contributed by atoms with van der Waals surface area (Å²) in [5.41, 5.74) is 0.848. The van der Waals surface area contributed by atoms with Gasteiger partial charge in [-0.3, -0.25) is 4.90 Å². The van der Waals surface area contributed by atoms with Crippen molar-refractivity contribution in [2.24, 2.45) is 0 Å². The number of piperidine rings is 1. The molecule has 4 heterocycles. The van der Waals surface area contributed by atoms with Crippen molar-refractivity contribution in [3.63, 3.8) is 0 Å². The Bertz CT molecular complexity index is 808. The van der Waals surface area contributed by atoms with Crippen molar-refractivity contribution in [3.8, 4) is 0 Å². The molecule has 0 amide bonds. The second kappa shape index (κ2) is 7.71. The number of ether oxygens (including phenoxy) is 2. The van der Waals surface area contributed by atoms with Crippen LogP contribution in [0.3, 0.4) is 0 Å². The summed E-state index contributed by atoms with van der Waals surface area (Å²) >= 11 is 1.39. The van der Waals surface area contributed by atoms with Gasteiger partial charge in [0.2, 0.25) is 0 Å². The first kappa shape index (κ1) is 18.6.